The molecule has 128 valence electrons. The maximum Gasteiger partial charge on any atom is 0.251 e. The average molecular weight is 337 g/mol. The normalized spacial score (nSPS) is 13.6. The van der Waals surface area contributed by atoms with Gasteiger partial charge in [-0.25, -0.2) is 9.97 Å². The van der Waals surface area contributed by atoms with E-state index in [2.05, 4.69) is 15.3 Å². The number of aromatic nitrogens is 4. The lowest BCUT2D eigenvalue weighted by atomic mass is 10.00. The highest BCUT2D eigenvalue weighted by Gasteiger charge is 2.19. The number of carbonyl (C=O) groups is 1. The maximum atomic E-state index is 12.1. The molecule has 4 rings (SSSR count). The minimum Gasteiger partial charge on any atom is -0.383 e. The van der Waals surface area contributed by atoms with E-state index in [1.165, 1.54) is 0 Å². The van der Waals surface area contributed by atoms with E-state index in [0.717, 1.165) is 34.9 Å². The molecule has 0 bridgehead atoms. The molecule has 7 nitrogen and oxygen atoms in total. The number of benzene rings is 1. The van der Waals surface area contributed by atoms with Crippen molar-refractivity contribution in [1.29, 1.82) is 0 Å². The lowest BCUT2D eigenvalue weighted by Gasteiger charge is -2.18. The first-order valence-electron chi connectivity index (χ1n) is 8.23. The molecule has 0 saturated heterocycles. The molecule has 0 atom stereocenters. The van der Waals surface area contributed by atoms with Gasteiger partial charge >= 0.3 is 0 Å². The van der Waals surface area contributed by atoms with Crippen molar-refractivity contribution in [1.82, 2.24) is 24.4 Å². The molecule has 7 heteroatoms. The Morgan fingerprint density at radius 3 is 2.92 bits per heavy atom. The largest absolute Gasteiger partial charge is 0.383 e. The summed E-state index contributed by atoms with van der Waals surface area (Å²) in [6.45, 7) is 1.99. The molecule has 3 aromatic rings. The third-order valence-corrected chi connectivity index (χ3v) is 4.39. The molecule has 3 heterocycles. The Morgan fingerprint density at radius 2 is 2.04 bits per heavy atom. The van der Waals surface area contributed by atoms with E-state index >= 15 is 0 Å². The lowest BCUT2D eigenvalue weighted by molar-refractivity contribution is 0.0946. The zero-order valence-corrected chi connectivity index (χ0v) is 14.0. The molecule has 2 aromatic heterocycles. The Hall–Kier alpha value is -2.93. The van der Waals surface area contributed by atoms with E-state index in [-0.39, 0.29) is 5.91 Å². The molecule has 0 unspecified atom stereocenters. The average Bonchev–Trinajstić information content (AvgIpc) is 3.28. The second-order valence-electron chi connectivity index (χ2n) is 5.91. The van der Waals surface area contributed by atoms with Gasteiger partial charge in [0.25, 0.3) is 5.91 Å². The van der Waals surface area contributed by atoms with Gasteiger partial charge in [0.15, 0.2) is 11.6 Å². The van der Waals surface area contributed by atoms with Gasteiger partial charge in [-0.05, 0) is 24.1 Å². The van der Waals surface area contributed by atoms with Crippen LogP contribution in [-0.4, -0.2) is 45.3 Å². The molecular formula is C18H19N5O2. The van der Waals surface area contributed by atoms with Gasteiger partial charge in [-0.3, -0.25) is 9.36 Å². The van der Waals surface area contributed by atoms with Crippen LogP contribution >= 0.6 is 0 Å². The molecule has 0 aliphatic carbocycles. The van der Waals surface area contributed by atoms with Crippen molar-refractivity contribution >= 4 is 5.91 Å². The van der Waals surface area contributed by atoms with Gasteiger partial charge in [0.05, 0.1) is 6.61 Å². The van der Waals surface area contributed by atoms with Crippen molar-refractivity contribution in [2.75, 3.05) is 20.3 Å². The molecule has 0 fully saturated rings. The Bertz CT molecular complexity index is 912. The fourth-order valence-corrected chi connectivity index (χ4v) is 3.11. The Balaban J connectivity index is 1.75. The van der Waals surface area contributed by atoms with Gasteiger partial charge in [-0.2, -0.15) is 0 Å². The predicted molar refractivity (Wildman–Crippen MR) is 92.7 cm³/mol. The van der Waals surface area contributed by atoms with Gasteiger partial charge in [-0.1, -0.05) is 6.07 Å². The molecule has 1 aromatic carbocycles. The highest BCUT2D eigenvalue weighted by molar-refractivity contribution is 5.97. The van der Waals surface area contributed by atoms with Crippen molar-refractivity contribution in [3.8, 4) is 17.3 Å². The van der Waals surface area contributed by atoms with Crippen molar-refractivity contribution in [3.63, 3.8) is 0 Å². The highest BCUT2D eigenvalue weighted by atomic mass is 16.5. The third-order valence-electron chi connectivity index (χ3n) is 4.39. The van der Waals surface area contributed by atoms with E-state index in [1.54, 1.807) is 19.5 Å². The van der Waals surface area contributed by atoms with Crippen LogP contribution in [-0.2, 0) is 17.7 Å². The number of imidazole rings is 2. The third kappa shape index (κ3) is 2.83. The quantitative estimate of drug-likeness (QED) is 0.768. The molecule has 1 amide bonds. The summed E-state index contributed by atoms with van der Waals surface area (Å²) in [7, 11) is 1.68. The lowest BCUT2D eigenvalue weighted by Crippen LogP contribution is -2.31. The highest BCUT2D eigenvalue weighted by Crippen LogP contribution is 2.23. The molecular weight excluding hydrogens is 318 g/mol. The van der Waals surface area contributed by atoms with Crippen LogP contribution in [0, 0.1) is 0 Å². The second kappa shape index (κ2) is 6.52. The zero-order valence-electron chi connectivity index (χ0n) is 14.0. The monoisotopic (exact) mass is 337 g/mol. The van der Waals surface area contributed by atoms with Crippen molar-refractivity contribution in [2.45, 2.75) is 13.0 Å². The number of carbonyl (C=O) groups excluding carboxylic acids is 1. The van der Waals surface area contributed by atoms with Crippen LogP contribution in [0.15, 0.2) is 43.0 Å². The van der Waals surface area contributed by atoms with Crippen LogP contribution in [0.1, 0.15) is 15.9 Å². The number of fused-ring (bicyclic) bond motifs is 1. The molecule has 0 saturated carbocycles. The number of rotatable bonds is 5. The van der Waals surface area contributed by atoms with E-state index in [4.69, 9.17) is 4.74 Å². The van der Waals surface area contributed by atoms with Gasteiger partial charge in [-0.15, -0.1) is 0 Å². The van der Waals surface area contributed by atoms with Crippen LogP contribution in [0.2, 0.25) is 0 Å². The summed E-state index contributed by atoms with van der Waals surface area (Å²) in [5, 5.41) is 2.89. The number of methoxy groups -OCH3 is 1. The van der Waals surface area contributed by atoms with Crippen molar-refractivity contribution in [2.24, 2.45) is 0 Å². The van der Waals surface area contributed by atoms with Gasteiger partial charge in [0.2, 0.25) is 0 Å². The molecule has 25 heavy (non-hydrogen) atoms. The minimum atomic E-state index is -0.0219. The van der Waals surface area contributed by atoms with Gasteiger partial charge in [0, 0.05) is 56.2 Å². The topological polar surface area (TPSA) is 74.0 Å². The van der Waals surface area contributed by atoms with Crippen molar-refractivity contribution < 1.29 is 9.53 Å². The summed E-state index contributed by atoms with van der Waals surface area (Å²) < 4.78 is 9.12. The van der Waals surface area contributed by atoms with Crippen LogP contribution in [0.3, 0.4) is 0 Å². The first-order chi connectivity index (χ1) is 12.3. The second-order valence-corrected chi connectivity index (χ2v) is 5.91. The Kier molecular flexibility index (Phi) is 4.07. The SMILES string of the molecule is COCCn1ccnc1-c1nccn1-c1ccc2c(c1)C(=O)NCC2. The minimum absolute atomic E-state index is 0.0219. The van der Waals surface area contributed by atoms with Crippen LogP contribution in [0.25, 0.3) is 17.3 Å². The fourth-order valence-electron chi connectivity index (χ4n) is 3.11. The summed E-state index contributed by atoms with van der Waals surface area (Å²) in [4.78, 5) is 21.0. The molecule has 1 aliphatic rings. The number of ether oxygens (including phenoxy) is 1. The van der Waals surface area contributed by atoms with E-state index < -0.39 is 0 Å². The predicted octanol–water partition coefficient (Wildman–Crippen LogP) is 1.67. The van der Waals surface area contributed by atoms with E-state index in [0.29, 0.717) is 19.7 Å². The summed E-state index contributed by atoms with van der Waals surface area (Å²) in [6, 6.07) is 5.95. The number of nitrogens with zero attached hydrogens (tertiary/aromatic N) is 4. The Morgan fingerprint density at radius 1 is 1.20 bits per heavy atom. The Labute approximate surface area is 145 Å². The number of hydrogen-bond acceptors (Lipinski definition) is 4. The van der Waals surface area contributed by atoms with Crippen molar-refractivity contribution in [3.05, 3.63) is 54.1 Å². The van der Waals surface area contributed by atoms with E-state index in [1.807, 2.05) is 39.7 Å². The van der Waals surface area contributed by atoms with Crippen LogP contribution < -0.4 is 5.32 Å². The molecule has 0 radical (unpaired) electrons. The van der Waals surface area contributed by atoms with Gasteiger partial charge in [0.1, 0.15) is 0 Å². The first-order valence-corrected chi connectivity index (χ1v) is 8.23. The number of amides is 1. The molecule has 0 spiro atoms. The maximum absolute atomic E-state index is 12.1. The summed E-state index contributed by atoms with van der Waals surface area (Å²) in [5.41, 5.74) is 2.70. The molecule has 1 N–H and O–H groups in total. The van der Waals surface area contributed by atoms with Crippen LogP contribution in [0.4, 0.5) is 0 Å². The van der Waals surface area contributed by atoms with Crippen LogP contribution in [0.5, 0.6) is 0 Å². The zero-order chi connectivity index (χ0) is 17.2. The van der Waals surface area contributed by atoms with Gasteiger partial charge < -0.3 is 14.6 Å². The first kappa shape index (κ1) is 15.6. The van der Waals surface area contributed by atoms with E-state index in [9.17, 15) is 4.79 Å². The number of hydrogen-bond donors (Lipinski definition) is 1. The standard InChI is InChI=1S/C18H19N5O2/c1-25-11-10-22-8-6-19-16(22)17-20-7-9-23(17)14-3-2-13-4-5-21-18(24)15(13)12-14/h2-3,6-9,12H,4-5,10-11H2,1H3,(H,21,24). The molecule has 1 aliphatic heterocycles. The number of nitrogens with one attached hydrogen (secondary N) is 1. The smallest absolute Gasteiger partial charge is 0.251 e. The summed E-state index contributed by atoms with van der Waals surface area (Å²) in [5.74, 6) is 1.48. The summed E-state index contributed by atoms with van der Waals surface area (Å²) in [6.07, 6.45) is 8.15. The summed E-state index contributed by atoms with van der Waals surface area (Å²) >= 11 is 0. The fraction of sp³-hybridized carbons (Fsp3) is 0.278.